The van der Waals surface area contributed by atoms with Gasteiger partial charge in [0.1, 0.15) is 0 Å². The maximum atomic E-state index is 12.3. The maximum Gasteiger partial charge on any atom is 0.243 e. The van der Waals surface area contributed by atoms with Crippen molar-refractivity contribution in [2.75, 3.05) is 17.2 Å². The lowest BCUT2D eigenvalue weighted by molar-refractivity contribution is -0.114. The van der Waals surface area contributed by atoms with Crippen molar-refractivity contribution in [2.24, 2.45) is 0 Å². The number of nitrogens with zero attached hydrogens (tertiary/aromatic N) is 1. The number of anilines is 2. The van der Waals surface area contributed by atoms with Gasteiger partial charge in [-0.25, -0.2) is 0 Å². The molecule has 128 valence electrons. The Morgan fingerprint density at radius 1 is 1.12 bits per heavy atom. The van der Waals surface area contributed by atoms with Crippen LogP contribution in [0.15, 0.2) is 53.0 Å². The fourth-order valence-corrected chi connectivity index (χ4v) is 3.18. The van der Waals surface area contributed by atoms with Gasteiger partial charge in [0.15, 0.2) is 0 Å². The van der Waals surface area contributed by atoms with Crippen molar-refractivity contribution in [3.8, 4) is 0 Å². The van der Waals surface area contributed by atoms with Crippen LogP contribution in [0.1, 0.15) is 18.2 Å². The van der Waals surface area contributed by atoms with Crippen molar-refractivity contribution in [1.82, 2.24) is 4.98 Å². The number of hydrogen-bond donors (Lipinski definition) is 2. The fourth-order valence-electron chi connectivity index (χ4n) is 2.92. The van der Waals surface area contributed by atoms with Crippen LogP contribution in [0, 0.1) is 6.92 Å². The Balaban J connectivity index is 1.80. The number of hydrogen-bond acceptors (Lipinski definition) is 3. The largest absolute Gasteiger partial charge is 0.375 e. The van der Waals surface area contributed by atoms with Crippen LogP contribution >= 0.6 is 15.9 Å². The predicted molar refractivity (Wildman–Crippen MR) is 107 cm³/mol. The zero-order valence-corrected chi connectivity index (χ0v) is 15.9. The predicted octanol–water partition coefficient (Wildman–Crippen LogP) is 4.92. The lowest BCUT2D eigenvalue weighted by Crippen LogP contribution is -2.22. The molecule has 1 amide bonds. The van der Waals surface area contributed by atoms with Crippen molar-refractivity contribution in [1.29, 1.82) is 0 Å². The van der Waals surface area contributed by atoms with Crippen molar-refractivity contribution in [3.05, 3.63) is 64.3 Å². The number of aryl methyl sites for hydroxylation is 1. The standard InChI is InChI=1S/C20H20BrN3O/c1-3-16-13(2)23-18-7-5-4-6-17(18)20(16)22-12-19(25)24-15-10-8-14(21)9-11-15/h4-11H,3,12H2,1-2H3,(H,22,23)(H,24,25). The molecule has 0 unspecified atom stereocenters. The summed E-state index contributed by atoms with van der Waals surface area (Å²) in [5.74, 6) is -0.0806. The molecule has 0 bridgehead atoms. The molecule has 1 aromatic heterocycles. The van der Waals surface area contributed by atoms with E-state index in [9.17, 15) is 4.79 Å². The van der Waals surface area contributed by atoms with E-state index in [1.165, 1.54) is 0 Å². The van der Waals surface area contributed by atoms with Gasteiger partial charge in [0, 0.05) is 26.9 Å². The molecular weight excluding hydrogens is 378 g/mol. The minimum atomic E-state index is -0.0806. The Morgan fingerprint density at radius 2 is 1.84 bits per heavy atom. The molecule has 4 nitrogen and oxygen atoms in total. The summed E-state index contributed by atoms with van der Waals surface area (Å²) in [7, 11) is 0. The second kappa shape index (κ2) is 7.66. The summed E-state index contributed by atoms with van der Waals surface area (Å²) in [5, 5.41) is 7.26. The van der Waals surface area contributed by atoms with Gasteiger partial charge < -0.3 is 10.6 Å². The van der Waals surface area contributed by atoms with Gasteiger partial charge in [0.05, 0.1) is 12.1 Å². The molecule has 5 heteroatoms. The van der Waals surface area contributed by atoms with Gasteiger partial charge in [-0.1, -0.05) is 41.1 Å². The number of nitrogens with one attached hydrogen (secondary N) is 2. The smallest absolute Gasteiger partial charge is 0.243 e. The van der Waals surface area contributed by atoms with Crippen LogP contribution in [0.2, 0.25) is 0 Å². The van der Waals surface area contributed by atoms with Gasteiger partial charge in [-0.3, -0.25) is 9.78 Å². The summed E-state index contributed by atoms with van der Waals surface area (Å²) in [4.78, 5) is 17.0. The van der Waals surface area contributed by atoms with E-state index in [-0.39, 0.29) is 12.5 Å². The van der Waals surface area contributed by atoms with E-state index >= 15 is 0 Å². The number of amides is 1. The molecule has 2 aromatic carbocycles. The third kappa shape index (κ3) is 3.99. The molecule has 0 spiro atoms. The van der Waals surface area contributed by atoms with Crippen LogP contribution in [0.25, 0.3) is 10.9 Å². The number of aromatic nitrogens is 1. The Kier molecular flexibility index (Phi) is 5.34. The first kappa shape index (κ1) is 17.4. The summed E-state index contributed by atoms with van der Waals surface area (Å²) in [5.41, 5.74) is 4.86. The number of rotatable bonds is 5. The van der Waals surface area contributed by atoms with Crippen LogP contribution < -0.4 is 10.6 Å². The fraction of sp³-hybridized carbons (Fsp3) is 0.200. The van der Waals surface area contributed by atoms with Crippen LogP contribution in [-0.4, -0.2) is 17.4 Å². The van der Waals surface area contributed by atoms with E-state index in [4.69, 9.17) is 0 Å². The first-order chi connectivity index (χ1) is 12.1. The highest BCUT2D eigenvalue weighted by molar-refractivity contribution is 9.10. The lowest BCUT2D eigenvalue weighted by Gasteiger charge is -2.16. The number of pyridine rings is 1. The van der Waals surface area contributed by atoms with Gasteiger partial charge in [-0.2, -0.15) is 0 Å². The maximum absolute atomic E-state index is 12.3. The molecule has 25 heavy (non-hydrogen) atoms. The average molecular weight is 398 g/mol. The van der Waals surface area contributed by atoms with Crippen LogP contribution in [0.3, 0.4) is 0 Å². The summed E-state index contributed by atoms with van der Waals surface area (Å²) < 4.78 is 0.981. The SMILES string of the molecule is CCc1c(C)nc2ccccc2c1NCC(=O)Nc1ccc(Br)cc1. The first-order valence-corrected chi connectivity index (χ1v) is 9.05. The van der Waals surface area contributed by atoms with Crippen LogP contribution in [0.5, 0.6) is 0 Å². The highest BCUT2D eigenvalue weighted by Gasteiger charge is 2.12. The summed E-state index contributed by atoms with van der Waals surface area (Å²) >= 11 is 3.39. The Bertz CT molecular complexity index is 907. The molecule has 0 fully saturated rings. The molecule has 0 aliphatic carbocycles. The molecule has 0 radical (unpaired) electrons. The molecule has 2 N–H and O–H groups in total. The summed E-state index contributed by atoms with van der Waals surface area (Å²) in [6, 6.07) is 15.5. The molecule has 0 saturated heterocycles. The van der Waals surface area contributed by atoms with Gasteiger partial charge in [0.2, 0.25) is 5.91 Å². The van der Waals surface area contributed by atoms with E-state index in [0.717, 1.165) is 44.4 Å². The van der Waals surface area contributed by atoms with E-state index < -0.39 is 0 Å². The molecular formula is C20H20BrN3O. The molecule has 3 rings (SSSR count). The Morgan fingerprint density at radius 3 is 2.56 bits per heavy atom. The van der Waals surface area contributed by atoms with Gasteiger partial charge in [0.25, 0.3) is 0 Å². The number of carbonyl (C=O) groups is 1. The topological polar surface area (TPSA) is 54.0 Å². The molecule has 3 aromatic rings. The minimum absolute atomic E-state index is 0.0806. The number of fused-ring (bicyclic) bond motifs is 1. The number of benzene rings is 2. The zero-order chi connectivity index (χ0) is 17.8. The van der Waals surface area contributed by atoms with Crippen molar-refractivity contribution >= 4 is 44.1 Å². The zero-order valence-electron chi connectivity index (χ0n) is 14.3. The minimum Gasteiger partial charge on any atom is -0.375 e. The van der Waals surface area contributed by atoms with Crippen LogP contribution in [0.4, 0.5) is 11.4 Å². The highest BCUT2D eigenvalue weighted by Crippen LogP contribution is 2.28. The molecule has 0 saturated carbocycles. The first-order valence-electron chi connectivity index (χ1n) is 8.26. The second-order valence-electron chi connectivity index (χ2n) is 5.83. The highest BCUT2D eigenvalue weighted by atomic mass is 79.9. The molecule has 0 aliphatic heterocycles. The monoisotopic (exact) mass is 397 g/mol. The van der Waals surface area contributed by atoms with Crippen molar-refractivity contribution in [3.63, 3.8) is 0 Å². The van der Waals surface area contributed by atoms with Gasteiger partial charge in [-0.05, 0) is 49.2 Å². The van der Waals surface area contributed by atoms with Gasteiger partial charge in [-0.15, -0.1) is 0 Å². The quantitative estimate of drug-likeness (QED) is 0.642. The average Bonchev–Trinajstić information content (AvgIpc) is 2.61. The van der Waals surface area contributed by atoms with Gasteiger partial charge >= 0.3 is 0 Å². The molecule has 0 aliphatic rings. The summed E-state index contributed by atoms with van der Waals surface area (Å²) in [6.07, 6.45) is 0.861. The third-order valence-electron chi connectivity index (χ3n) is 4.11. The number of carbonyl (C=O) groups excluding carboxylic acids is 1. The molecule has 1 heterocycles. The lowest BCUT2D eigenvalue weighted by atomic mass is 10.0. The number of halogens is 1. The Hall–Kier alpha value is -2.40. The third-order valence-corrected chi connectivity index (χ3v) is 4.64. The summed E-state index contributed by atoms with van der Waals surface area (Å²) in [6.45, 7) is 4.32. The van der Waals surface area contributed by atoms with E-state index in [1.54, 1.807) is 0 Å². The normalized spacial score (nSPS) is 10.7. The van der Waals surface area contributed by atoms with Crippen molar-refractivity contribution < 1.29 is 4.79 Å². The molecule has 0 atom stereocenters. The van der Waals surface area contributed by atoms with Crippen molar-refractivity contribution in [2.45, 2.75) is 20.3 Å². The second-order valence-corrected chi connectivity index (χ2v) is 6.75. The van der Waals surface area contributed by atoms with E-state index in [2.05, 4.69) is 38.5 Å². The Labute approximate surface area is 155 Å². The van der Waals surface area contributed by atoms with Crippen LogP contribution in [-0.2, 0) is 11.2 Å². The number of para-hydroxylation sites is 1. The van der Waals surface area contributed by atoms with E-state index in [1.807, 2.05) is 55.5 Å². The van der Waals surface area contributed by atoms with E-state index in [0.29, 0.717) is 0 Å².